The minimum absolute atomic E-state index is 0.141. The molecule has 4 N–H and O–H groups in total. The summed E-state index contributed by atoms with van der Waals surface area (Å²) in [6.07, 6.45) is -1.17. The van der Waals surface area contributed by atoms with E-state index in [1.165, 1.54) is 17.4 Å². The molecule has 134 valence electrons. The SMILES string of the molecule is O=C(NN1CC(O)Nc2cc(F)ccc2C1=O)c1cc2cc(Cl)sc2[nH]1. The lowest BCUT2D eigenvalue weighted by atomic mass is 10.1. The van der Waals surface area contributed by atoms with Gasteiger partial charge in [-0.05, 0) is 30.3 Å². The molecule has 0 saturated carbocycles. The van der Waals surface area contributed by atoms with Crippen LogP contribution in [-0.2, 0) is 0 Å². The third kappa shape index (κ3) is 3.00. The van der Waals surface area contributed by atoms with Gasteiger partial charge in [0.25, 0.3) is 11.8 Å². The number of H-pyrrole nitrogens is 1. The van der Waals surface area contributed by atoms with Crippen LogP contribution in [-0.4, -0.2) is 39.7 Å². The first-order valence-electron chi connectivity index (χ1n) is 7.56. The standard InChI is InChI=1S/C16H12ClFN4O3S/c17-12-4-7-3-11(20-15(7)26-12)14(24)21-22-6-13(23)19-10-5-8(18)1-2-9(10)16(22)25/h1-5,13,19-20,23H,6H2,(H,21,24). The Morgan fingerprint density at radius 2 is 2.19 bits per heavy atom. The minimum Gasteiger partial charge on any atom is -0.372 e. The number of hydrogen-bond donors (Lipinski definition) is 4. The largest absolute Gasteiger partial charge is 0.372 e. The van der Waals surface area contributed by atoms with Crippen molar-refractivity contribution in [2.24, 2.45) is 0 Å². The first-order valence-corrected chi connectivity index (χ1v) is 8.75. The predicted octanol–water partition coefficient (Wildman–Crippen LogP) is 2.55. The Morgan fingerprint density at radius 3 is 2.96 bits per heavy atom. The van der Waals surface area contributed by atoms with E-state index in [1.54, 1.807) is 12.1 Å². The Bertz CT molecular complexity index is 1000. The summed E-state index contributed by atoms with van der Waals surface area (Å²) in [4.78, 5) is 28.8. The number of β-amino-alcohol motifs (C(OH)–C–C–N with tert-alkyl or cyclic N) is 1. The molecule has 0 aliphatic carbocycles. The van der Waals surface area contributed by atoms with E-state index in [-0.39, 0.29) is 23.5 Å². The summed E-state index contributed by atoms with van der Waals surface area (Å²) in [6, 6.07) is 6.89. The number of aromatic nitrogens is 1. The normalized spacial score (nSPS) is 17.0. The van der Waals surface area contributed by atoms with Crippen LogP contribution in [0.15, 0.2) is 30.3 Å². The Hall–Kier alpha value is -2.62. The molecular weight excluding hydrogens is 383 g/mol. The number of benzene rings is 1. The number of amides is 2. The van der Waals surface area contributed by atoms with Crippen LogP contribution >= 0.6 is 22.9 Å². The van der Waals surface area contributed by atoms with Gasteiger partial charge >= 0.3 is 0 Å². The van der Waals surface area contributed by atoms with Crippen molar-refractivity contribution in [1.29, 1.82) is 0 Å². The van der Waals surface area contributed by atoms with E-state index in [4.69, 9.17) is 11.6 Å². The molecule has 0 fully saturated rings. The van der Waals surface area contributed by atoms with Gasteiger partial charge in [0.2, 0.25) is 0 Å². The highest BCUT2D eigenvalue weighted by Gasteiger charge is 2.28. The Labute approximate surface area is 155 Å². The molecule has 3 heterocycles. The van der Waals surface area contributed by atoms with E-state index < -0.39 is 23.9 Å². The van der Waals surface area contributed by atoms with Gasteiger partial charge in [-0.1, -0.05) is 11.6 Å². The number of hydrazine groups is 1. The van der Waals surface area contributed by atoms with Gasteiger partial charge < -0.3 is 15.4 Å². The van der Waals surface area contributed by atoms with Crippen LogP contribution in [0.2, 0.25) is 4.34 Å². The molecule has 10 heteroatoms. The van der Waals surface area contributed by atoms with E-state index >= 15 is 0 Å². The van der Waals surface area contributed by atoms with Crippen molar-refractivity contribution < 1.29 is 19.1 Å². The van der Waals surface area contributed by atoms with Crippen molar-refractivity contribution in [3.8, 4) is 0 Å². The summed E-state index contributed by atoms with van der Waals surface area (Å²) in [5.74, 6) is -1.65. The number of halogens is 2. The fourth-order valence-electron chi connectivity index (χ4n) is 2.74. The number of carbonyl (C=O) groups excluding carboxylic acids is 2. The van der Waals surface area contributed by atoms with E-state index in [1.807, 2.05) is 0 Å². The lowest BCUT2D eigenvalue weighted by Crippen LogP contribution is -2.49. The molecule has 3 aromatic rings. The van der Waals surface area contributed by atoms with E-state index in [2.05, 4.69) is 15.7 Å². The first kappa shape index (κ1) is 16.8. The second kappa shape index (κ2) is 6.27. The maximum atomic E-state index is 13.4. The number of fused-ring (bicyclic) bond motifs is 2. The Balaban J connectivity index is 1.59. The molecule has 0 spiro atoms. The van der Waals surface area contributed by atoms with Gasteiger partial charge in [-0.3, -0.25) is 15.0 Å². The number of carbonyl (C=O) groups is 2. The summed E-state index contributed by atoms with van der Waals surface area (Å²) in [7, 11) is 0. The molecule has 1 aromatic carbocycles. The predicted molar refractivity (Wildman–Crippen MR) is 95.7 cm³/mol. The minimum atomic E-state index is -1.17. The topological polar surface area (TPSA) is 97.5 Å². The average Bonchev–Trinajstić information content (AvgIpc) is 3.07. The molecule has 1 aliphatic heterocycles. The maximum Gasteiger partial charge on any atom is 0.286 e. The smallest absolute Gasteiger partial charge is 0.286 e. The lowest BCUT2D eigenvalue weighted by Gasteiger charge is -2.22. The number of hydrogen-bond acceptors (Lipinski definition) is 5. The Morgan fingerprint density at radius 1 is 1.38 bits per heavy atom. The van der Waals surface area contributed by atoms with Gasteiger partial charge in [0.05, 0.1) is 22.1 Å². The average molecular weight is 395 g/mol. The fraction of sp³-hybridized carbons (Fsp3) is 0.125. The van der Waals surface area contributed by atoms with Crippen LogP contribution in [0.5, 0.6) is 0 Å². The van der Waals surface area contributed by atoms with Gasteiger partial charge in [0.15, 0.2) is 0 Å². The first-order chi connectivity index (χ1) is 12.4. The van der Waals surface area contributed by atoms with Crippen LogP contribution in [0.4, 0.5) is 10.1 Å². The molecule has 2 amide bonds. The molecule has 4 rings (SSSR count). The van der Waals surface area contributed by atoms with Crippen LogP contribution in [0.1, 0.15) is 20.8 Å². The van der Waals surface area contributed by atoms with Gasteiger partial charge in [-0.25, -0.2) is 9.40 Å². The van der Waals surface area contributed by atoms with Crippen molar-refractivity contribution in [3.05, 3.63) is 51.7 Å². The summed E-state index contributed by atoms with van der Waals surface area (Å²) < 4.78 is 14.0. The van der Waals surface area contributed by atoms with Crippen molar-refractivity contribution >= 4 is 50.7 Å². The zero-order valence-corrected chi connectivity index (χ0v) is 14.6. The number of anilines is 1. The van der Waals surface area contributed by atoms with Crippen LogP contribution < -0.4 is 10.7 Å². The highest BCUT2D eigenvalue weighted by Crippen LogP contribution is 2.29. The number of nitrogens with one attached hydrogen (secondary N) is 3. The molecule has 7 nitrogen and oxygen atoms in total. The third-order valence-electron chi connectivity index (χ3n) is 3.89. The molecule has 0 radical (unpaired) electrons. The molecule has 1 atom stereocenters. The van der Waals surface area contributed by atoms with E-state index in [0.717, 1.165) is 27.4 Å². The van der Waals surface area contributed by atoms with Crippen molar-refractivity contribution in [3.63, 3.8) is 0 Å². The zero-order valence-electron chi connectivity index (χ0n) is 13.0. The Kier molecular flexibility index (Phi) is 4.06. The molecule has 0 bridgehead atoms. The van der Waals surface area contributed by atoms with Gasteiger partial charge in [0, 0.05) is 5.39 Å². The fourth-order valence-corrected chi connectivity index (χ4v) is 3.87. The highest BCUT2D eigenvalue weighted by atomic mass is 35.5. The zero-order chi connectivity index (χ0) is 18.4. The monoisotopic (exact) mass is 394 g/mol. The quantitative estimate of drug-likeness (QED) is 0.537. The maximum absolute atomic E-state index is 13.4. The number of aliphatic hydroxyl groups is 1. The second-order valence-corrected chi connectivity index (χ2v) is 7.41. The van der Waals surface area contributed by atoms with Crippen molar-refractivity contribution in [2.45, 2.75) is 6.23 Å². The number of thiophene rings is 1. The molecule has 2 aromatic heterocycles. The number of rotatable bonds is 2. The lowest BCUT2D eigenvalue weighted by molar-refractivity contribution is 0.0489. The van der Waals surface area contributed by atoms with Gasteiger partial charge in [-0.15, -0.1) is 11.3 Å². The molecule has 26 heavy (non-hydrogen) atoms. The summed E-state index contributed by atoms with van der Waals surface area (Å²) >= 11 is 7.20. The summed E-state index contributed by atoms with van der Waals surface area (Å²) in [5, 5.41) is 14.4. The number of nitrogens with zero attached hydrogens (tertiary/aromatic N) is 1. The van der Waals surface area contributed by atoms with Crippen molar-refractivity contribution in [1.82, 2.24) is 15.4 Å². The number of aliphatic hydroxyl groups excluding tert-OH is 1. The third-order valence-corrected chi connectivity index (χ3v) is 5.09. The van der Waals surface area contributed by atoms with Crippen molar-refractivity contribution in [2.75, 3.05) is 11.9 Å². The second-order valence-electron chi connectivity index (χ2n) is 5.72. The molecule has 1 aliphatic rings. The van der Waals surface area contributed by atoms with Crippen LogP contribution in [0.25, 0.3) is 10.2 Å². The van der Waals surface area contributed by atoms with E-state index in [9.17, 15) is 19.1 Å². The summed E-state index contributed by atoms with van der Waals surface area (Å²) in [5.41, 5.74) is 3.02. The van der Waals surface area contributed by atoms with Crippen LogP contribution in [0.3, 0.4) is 0 Å². The van der Waals surface area contributed by atoms with Gasteiger partial charge in [-0.2, -0.15) is 0 Å². The molecule has 1 unspecified atom stereocenters. The summed E-state index contributed by atoms with van der Waals surface area (Å²) in [6.45, 7) is -0.207. The van der Waals surface area contributed by atoms with Gasteiger partial charge in [0.1, 0.15) is 22.6 Å². The highest BCUT2D eigenvalue weighted by molar-refractivity contribution is 7.22. The number of aromatic amines is 1. The molecular formula is C16H12ClFN4O3S. The van der Waals surface area contributed by atoms with Crippen LogP contribution in [0, 0.1) is 5.82 Å². The molecule has 0 saturated heterocycles. The van der Waals surface area contributed by atoms with E-state index in [0.29, 0.717) is 4.34 Å².